The SMILES string of the molecule is C[C@H](O)c1ccc(Oc2cccc([N+](=O)[O-])c2Br)nc1. The number of rotatable bonds is 4. The Balaban J connectivity index is 2.26. The summed E-state index contributed by atoms with van der Waals surface area (Å²) in [6.07, 6.45) is 0.881. The van der Waals surface area contributed by atoms with Crippen LogP contribution in [-0.4, -0.2) is 15.0 Å². The Morgan fingerprint density at radius 2 is 2.15 bits per heavy atom. The van der Waals surface area contributed by atoms with Crippen LogP contribution in [0, 0.1) is 10.1 Å². The van der Waals surface area contributed by atoms with Crippen molar-refractivity contribution in [3.05, 3.63) is 56.7 Å². The van der Waals surface area contributed by atoms with Crippen molar-refractivity contribution >= 4 is 21.6 Å². The lowest BCUT2D eigenvalue weighted by atomic mass is 10.2. The lowest BCUT2D eigenvalue weighted by molar-refractivity contribution is -0.385. The summed E-state index contributed by atoms with van der Waals surface area (Å²) < 4.78 is 5.75. The van der Waals surface area contributed by atoms with Crippen LogP contribution in [0.3, 0.4) is 0 Å². The van der Waals surface area contributed by atoms with Crippen molar-refractivity contribution in [1.82, 2.24) is 4.98 Å². The van der Waals surface area contributed by atoms with Crippen molar-refractivity contribution in [3.63, 3.8) is 0 Å². The number of halogens is 1. The van der Waals surface area contributed by atoms with E-state index in [9.17, 15) is 15.2 Å². The van der Waals surface area contributed by atoms with Crippen molar-refractivity contribution in [2.75, 3.05) is 0 Å². The number of nitro groups is 1. The number of nitrogens with zero attached hydrogens (tertiary/aromatic N) is 2. The summed E-state index contributed by atoms with van der Waals surface area (Å²) in [7, 11) is 0. The molecule has 6 nitrogen and oxygen atoms in total. The highest BCUT2D eigenvalue weighted by molar-refractivity contribution is 9.10. The van der Waals surface area contributed by atoms with E-state index in [0.29, 0.717) is 11.3 Å². The van der Waals surface area contributed by atoms with Gasteiger partial charge in [0, 0.05) is 18.3 Å². The summed E-state index contributed by atoms with van der Waals surface area (Å²) in [5.41, 5.74) is 0.582. The normalized spacial score (nSPS) is 11.9. The van der Waals surface area contributed by atoms with Crippen LogP contribution in [0.4, 0.5) is 5.69 Å². The van der Waals surface area contributed by atoms with Gasteiger partial charge in [0.1, 0.15) is 4.47 Å². The lowest BCUT2D eigenvalue weighted by Crippen LogP contribution is -1.95. The third-order valence-electron chi connectivity index (χ3n) is 2.60. The minimum absolute atomic E-state index is 0.0805. The molecule has 1 aromatic carbocycles. The molecule has 104 valence electrons. The molecule has 1 heterocycles. The molecule has 0 aliphatic carbocycles. The number of pyridine rings is 1. The van der Waals surface area contributed by atoms with Crippen LogP contribution in [0.5, 0.6) is 11.6 Å². The van der Waals surface area contributed by atoms with E-state index in [1.807, 2.05) is 0 Å². The van der Waals surface area contributed by atoms with E-state index in [1.165, 1.54) is 18.3 Å². The quantitative estimate of drug-likeness (QED) is 0.679. The fourth-order valence-electron chi connectivity index (χ4n) is 1.53. The summed E-state index contributed by atoms with van der Waals surface area (Å²) in [6.45, 7) is 1.63. The molecule has 0 bridgehead atoms. The Hall–Kier alpha value is -1.99. The van der Waals surface area contributed by atoms with Crippen LogP contribution >= 0.6 is 15.9 Å². The predicted molar refractivity (Wildman–Crippen MR) is 75.7 cm³/mol. The van der Waals surface area contributed by atoms with Gasteiger partial charge in [0.25, 0.3) is 5.69 Å². The Kier molecular flexibility index (Phi) is 4.31. The molecule has 2 rings (SSSR count). The van der Waals surface area contributed by atoms with E-state index >= 15 is 0 Å². The molecule has 0 saturated heterocycles. The van der Waals surface area contributed by atoms with E-state index in [4.69, 9.17) is 4.74 Å². The Labute approximate surface area is 123 Å². The van der Waals surface area contributed by atoms with Crippen LogP contribution in [-0.2, 0) is 0 Å². The average Bonchev–Trinajstić information content (AvgIpc) is 2.41. The molecule has 0 aliphatic heterocycles. The zero-order valence-corrected chi connectivity index (χ0v) is 12.1. The first-order valence-corrected chi connectivity index (χ1v) is 6.53. The number of benzene rings is 1. The predicted octanol–water partition coefficient (Wildman–Crippen LogP) is 3.60. The largest absolute Gasteiger partial charge is 0.438 e. The number of ether oxygens (including phenoxy) is 1. The fourth-order valence-corrected chi connectivity index (χ4v) is 2.02. The molecule has 1 N–H and O–H groups in total. The van der Waals surface area contributed by atoms with Crippen LogP contribution in [0.15, 0.2) is 41.0 Å². The minimum Gasteiger partial charge on any atom is -0.438 e. The van der Waals surface area contributed by atoms with E-state index in [1.54, 1.807) is 25.1 Å². The standard InChI is InChI=1S/C13H11BrN2O4/c1-8(17)9-5-6-12(15-7-9)20-11-4-2-3-10(13(11)14)16(18)19/h2-8,17H,1H3/t8-/m0/s1. The second-order valence-corrected chi connectivity index (χ2v) is 4.85. The first-order chi connectivity index (χ1) is 9.49. The number of aliphatic hydroxyl groups excluding tert-OH is 1. The summed E-state index contributed by atoms with van der Waals surface area (Å²) in [4.78, 5) is 14.4. The van der Waals surface area contributed by atoms with Crippen LogP contribution < -0.4 is 4.74 Å². The lowest BCUT2D eigenvalue weighted by Gasteiger charge is -2.08. The minimum atomic E-state index is -0.610. The van der Waals surface area contributed by atoms with Gasteiger partial charge >= 0.3 is 0 Å². The van der Waals surface area contributed by atoms with Gasteiger partial charge < -0.3 is 9.84 Å². The third-order valence-corrected chi connectivity index (χ3v) is 3.39. The molecule has 0 aliphatic rings. The monoisotopic (exact) mass is 338 g/mol. The van der Waals surface area contributed by atoms with Crippen LogP contribution in [0.2, 0.25) is 0 Å². The molecule has 20 heavy (non-hydrogen) atoms. The van der Waals surface area contributed by atoms with Gasteiger partial charge in [-0.3, -0.25) is 10.1 Å². The number of hydrogen-bond acceptors (Lipinski definition) is 5. The van der Waals surface area contributed by atoms with E-state index < -0.39 is 11.0 Å². The maximum atomic E-state index is 10.8. The van der Waals surface area contributed by atoms with Gasteiger partial charge in [-0.1, -0.05) is 6.07 Å². The highest BCUT2D eigenvalue weighted by Crippen LogP contribution is 2.35. The highest BCUT2D eigenvalue weighted by atomic mass is 79.9. The molecule has 0 amide bonds. The van der Waals surface area contributed by atoms with E-state index in [2.05, 4.69) is 20.9 Å². The van der Waals surface area contributed by atoms with Gasteiger partial charge in [0.05, 0.1) is 11.0 Å². The van der Waals surface area contributed by atoms with Gasteiger partial charge in [-0.2, -0.15) is 0 Å². The smallest absolute Gasteiger partial charge is 0.287 e. The summed E-state index contributed by atoms with van der Waals surface area (Å²) in [6, 6.07) is 7.77. The number of hydrogen-bond donors (Lipinski definition) is 1. The third kappa shape index (κ3) is 3.12. The zero-order valence-electron chi connectivity index (χ0n) is 10.5. The topological polar surface area (TPSA) is 85.5 Å². The Morgan fingerprint density at radius 3 is 2.70 bits per heavy atom. The molecule has 0 unspecified atom stereocenters. The van der Waals surface area contributed by atoms with E-state index in [-0.39, 0.29) is 16.0 Å². The second-order valence-electron chi connectivity index (χ2n) is 4.05. The highest BCUT2D eigenvalue weighted by Gasteiger charge is 2.16. The Morgan fingerprint density at radius 1 is 1.40 bits per heavy atom. The number of aromatic nitrogens is 1. The number of aliphatic hydroxyl groups is 1. The van der Waals surface area contributed by atoms with Crippen molar-refractivity contribution in [2.45, 2.75) is 13.0 Å². The first kappa shape index (κ1) is 14.4. The molecule has 2 aromatic rings. The molecule has 1 atom stereocenters. The van der Waals surface area contributed by atoms with Crippen LogP contribution in [0.1, 0.15) is 18.6 Å². The van der Waals surface area contributed by atoms with Gasteiger partial charge in [-0.15, -0.1) is 0 Å². The molecule has 1 aromatic heterocycles. The summed E-state index contributed by atoms with van der Waals surface area (Å²) in [5.74, 6) is 0.590. The molecule has 0 saturated carbocycles. The Bertz CT molecular complexity index is 629. The molecular formula is C13H11BrN2O4. The molecule has 7 heteroatoms. The van der Waals surface area contributed by atoms with Crippen LogP contribution in [0.25, 0.3) is 0 Å². The van der Waals surface area contributed by atoms with Gasteiger partial charge in [-0.25, -0.2) is 4.98 Å². The van der Waals surface area contributed by atoms with Crippen molar-refractivity contribution in [2.24, 2.45) is 0 Å². The zero-order chi connectivity index (χ0) is 14.7. The second kappa shape index (κ2) is 5.98. The van der Waals surface area contributed by atoms with Crippen molar-refractivity contribution in [3.8, 4) is 11.6 Å². The average molecular weight is 339 g/mol. The maximum Gasteiger partial charge on any atom is 0.287 e. The number of nitro benzene ring substituents is 1. The maximum absolute atomic E-state index is 10.8. The van der Waals surface area contributed by atoms with Crippen molar-refractivity contribution < 1.29 is 14.8 Å². The van der Waals surface area contributed by atoms with Gasteiger partial charge in [-0.05, 0) is 40.5 Å². The summed E-state index contributed by atoms with van der Waals surface area (Å²) >= 11 is 3.14. The fraction of sp³-hybridized carbons (Fsp3) is 0.154. The van der Waals surface area contributed by atoms with E-state index in [0.717, 1.165) is 0 Å². The summed E-state index contributed by atoms with van der Waals surface area (Å²) in [5, 5.41) is 20.2. The van der Waals surface area contributed by atoms with Crippen molar-refractivity contribution in [1.29, 1.82) is 0 Å². The van der Waals surface area contributed by atoms with Gasteiger partial charge in [0.15, 0.2) is 5.75 Å². The molecule has 0 spiro atoms. The molecule has 0 radical (unpaired) electrons. The first-order valence-electron chi connectivity index (χ1n) is 5.74. The molecular weight excluding hydrogens is 328 g/mol. The van der Waals surface area contributed by atoms with Gasteiger partial charge in [0.2, 0.25) is 5.88 Å². The molecule has 0 fully saturated rings.